The van der Waals surface area contributed by atoms with E-state index in [9.17, 15) is 4.79 Å². The van der Waals surface area contributed by atoms with E-state index < -0.39 is 0 Å². The molecule has 1 saturated heterocycles. The molecule has 0 N–H and O–H groups in total. The molecule has 1 aromatic carbocycles. The molecule has 0 bridgehead atoms. The van der Waals surface area contributed by atoms with Crippen LogP contribution in [0.2, 0.25) is 10.0 Å². The molecule has 2 atom stereocenters. The Balaban J connectivity index is 2.14. The number of alkyl halides is 1. The Morgan fingerprint density at radius 1 is 1.39 bits per heavy atom. The van der Waals surface area contributed by atoms with Crippen LogP contribution in [0.15, 0.2) is 18.2 Å². The van der Waals surface area contributed by atoms with E-state index in [2.05, 4.69) is 22.9 Å². The number of rotatable bonds is 1. The second-order valence-electron chi connectivity index (χ2n) is 4.66. The molecule has 1 aliphatic rings. The van der Waals surface area contributed by atoms with Crippen molar-refractivity contribution in [3.8, 4) is 0 Å². The summed E-state index contributed by atoms with van der Waals surface area (Å²) in [6, 6.07) is 5.01. The molecule has 1 fully saturated rings. The molecular formula is C13H14BrCl2NO. The predicted molar refractivity (Wildman–Crippen MR) is 78.9 cm³/mol. The van der Waals surface area contributed by atoms with Crippen LogP contribution in [0.25, 0.3) is 0 Å². The zero-order valence-electron chi connectivity index (χ0n) is 10.00. The van der Waals surface area contributed by atoms with Crippen LogP contribution >= 0.6 is 39.1 Å². The monoisotopic (exact) mass is 349 g/mol. The Morgan fingerprint density at radius 3 is 2.72 bits per heavy atom. The Morgan fingerprint density at radius 2 is 2.11 bits per heavy atom. The Labute approximate surface area is 125 Å². The maximum Gasteiger partial charge on any atom is 0.253 e. The minimum Gasteiger partial charge on any atom is -0.338 e. The lowest BCUT2D eigenvalue weighted by Crippen LogP contribution is -2.43. The summed E-state index contributed by atoms with van der Waals surface area (Å²) in [7, 11) is 0. The molecule has 0 aromatic heterocycles. The van der Waals surface area contributed by atoms with E-state index in [4.69, 9.17) is 23.2 Å². The first kappa shape index (κ1) is 14.2. The lowest BCUT2D eigenvalue weighted by Gasteiger charge is -2.34. The SMILES string of the molecule is CC1CCN(C(=O)c2ccc(Cl)c(Cl)c2)CC1Br. The van der Waals surface area contributed by atoms with Crippen molar-refractivity contribution in [2.45, 2.75) is 18.2 Å². The maximum atomic E-state index is 12.3. The van der Waals surface area contributed by atoms with E-state index in [1.165, 1.54) is 0 Å². The third-order valence-electron chi connectivity index (χ3n) is 3.32. The fraction of sp³-hybridized carbons (Fsp3) is 0.462. The van der Waals surface area contributed by atoms with E-state index in [-0.39, 0.29) is 5.91 Å². The molecule has 1 aliphatic heterocycles. The van der Waals surface area contributed by atoms with Crippen LogP contribution in [0, 0.1) is 5.92 Å². The minimum absolute atomic E-state index is 0.0184. The molecular weight excluding hydrogens is 337 g/mol. The van der Waals surface area contributed by atoms with E-state index in [1.807, 2.05) is 4.90 Å². The smallest absolute Gasteiger partial charge is 0.253 e. The number of amides is 1. The van der Waals surface area contributed by atoms with Gasteiger partial charge in [-0.05, 0) is 30.5 Å². The van der Waals surface area contributed by atoms with Crippen molar-refractivity contribution in [2.24, 2.45) is 5.92 Å². The minimum atomic E-state index is 0.0184. The van der Waals surface area contributed by atoms with Gasteiger partial charge in [0.05, 0.1) is 10.0 Å². The highest BCUT2D eigenvalue weighted by molar-refractivity contribution is 9.09. The fourth-order valence-corrected chi connectivity index (χ4v) is 2.93. The van der Waals surface area contributed by atoms with Crippen molar-refractivity contribution in [2.75, 3.05) is 13.1 Å². The highest BCUT2D eigenvalue weighted by atomic mass is 79.9. The summed E-state index contributed by atoms with van der Waals surface area (Å²) < 4.78 is 0. The van der Waals surface area contributed by atoms with Crippen molar-refractivity contribution < 1.29 is 4.79 Å². The molecule has 18 heavy (non-hydrogen) atoms. The van der Waals surface area contributed by atoms with E-state index in [0.717, 1.165) is 19.5 Å². The van der Waals surface area contributed by atoms with Crippen molar-refractivity contribution in [3.05, 3.63) is 33.8 Å². The van der Waals surface area contributed by atoms with Gasteiger partial charge in [-0.1, -0.05) is 46.1 Å². The first-order valence-electron chi connectivity index (χ1n) is 5.87. The summed E-state index contributed by atoms with van der Waals surface area (Å²) in [5.74, 6) is 0.618. The van der Waals surface area contributed by atoms with Crippen molar-refractivity contribution in [1.29, 1.82) is 0 Å². The van der Waals surface area contributed by atoms with Crippen LogP contribution in [0.5, 0.6) is 0 Å². The van der Waals surface area contributed by atoms with Gasteiger partial charge in [-0.25, -0.2) is 0 Å². The standard InChI is InChI=1S/C13H14BrCl2NO/c1-8-4-5-17(7-10(8)14)13(18)9-2-3-11(15)12(16)6-9/h2-3,6,8,10H,4-5,7H2,1H3. The first-order valence-corrected chi connectivity index (χ1v) is 7.54. The molecule has 98 valence electrons. The van der Waals surface area contributed by atoms with Gasteiger partial charge in [-0.15, -0.1) is 0 Å². The largest absolute Gasteiger partial charge is 0.338 e. The normalized spacial score (nSPS) is 24.1. The topological polar surface area (TPSA) is 20.3 Å². The molecule has 0 saturated carbocycles. The van der Waals surface area contributed by atoms with Crippen LogP contribution in [0.1, 0.15) is 23.7 Å². The van der Waals surface area contributed by atoms with Crippen molar-refractivity contribution in [1.82, 2.24) is 4.90 Å². The third kappa shape index (κ3) is 3.01. The van der Waals surface area contributed by atoms with Crippen LogP contribution in [-0.4, -0.2) is 28.7 Å². The number of piperidine rings is 1. The number of likely N-dealkylation sites (tertiary alicyclic amines) is 1. The van der Waals surface area contributed by atoms with E-state index in [0.29, 0.717) is 26.4 Å². The summed E-state index contributed by atoms with van der Waals surface area (Å²) in [5, 5.41) is 0.891. The van der Waals surface area contributed by atoms with Gasteiger partial charge in [0.2, 0.25) is 0 Å². The van der Waals surface area contributed by atoms with Gasteiger partial charge in [-0.3, -0.25) is 4.79 Å². The lowest BCUT2D eigenvalue weighted by atomic mass is 9.98. The van der Waals surface area contributed by atoms with Gasteiger partial charge < -0.3 is 4.90 Å². The number of carbonyl (C=O) groups is 1. The Hall–Kier alpha value is -0.250. The van der Waals surface area contributed by atoms with Crippen molar-refractivity contribution in [3.63, 3.8) is 0 Å². The zero-order chi connectivity index (χ0) is 13.3. The lowest BCUT2D eigenvalue weighted by molar-refractivity contribution is 0.0706. The molecule has 0 aliphatic carbocycles. The number of carbonyl (C=O) groups excluding carboxylic acids is 1. The summed E-state index contributed by atoms with van der Waals surface area (Å²) >= 11 is 15.4. The predicted octanol–water partition coefficient (Wildman–Crippen LogP) is 4.24. The Kier molecular flexibility index (Phi) is 4.57. The summed E-state index contributed by atoms with van der Waals surface area (Å²) in [6.45, 7) is 3.73. The molecule has 2 nitrogen and oxygen atoms in total. The molecule has 2 unspecified atom stereocenters. The van der Waals surface area contributed by atoms with Gasteiger partial charge in [0.25, 0.3) is 5.91 Å². The Bertz CT molecular complexity index is 466. The molecule has 5 heteroatoms. The average molecular weight is 351 g/mol. The van der Waals surface area contributed by atoms with Gasteiger partial charge in [-0.2, -0.15) is 0 Å². The second kappa shape index (κ2) is 5.81. The summed E-state index contributed by atoms with van der Waals surface area (Å²) in [5.41, 5.74) is 0.596. The zero-order valence-corrected chi connectivity index (χ0v) is 13.1. The first-order chi connectivity index (χ1) is 8.49. The van der Waals surface area contributed by atoms with Gasteiger partial charge >= 0.3 is 0 Å². The van der Waals surface area contributed by atoms with Crippen LogP contribution in [0.3, 0.4) is 0 Å². The van der Waals surface area contributed by atoms with E-state index in [1.54, 1.807) is 18.2 Å². The van der Waals surface area contributed by atoms with Crippen LogP contribution in [0.4, 0.5) is 0 Å². The van der Waals surface area contributed by atoms with Crippen LogP contribution in [-0.2, 0) is 0 Å². The highest BCUT2D eigenvalue weighted by Gasteiger charge is 2.27. The number of benzene rings is 1. The van der Waals surface area contributed by atoms with Gasteiger partial charge in [0.15, 0.2) is 0 Å². The maximum absolute atomic E-state index is 12.3. The molecule has 0 radical (unpaired) electrons. The number of hydrogen-bond acceptors (Lipinski definition) is 1. The molecule has 0 spiro atoms. The third-order valence-corrected chi connectivity index (χ3v) is 5.25. The van der Waals surface area contributed by atoms with Gasteiger partial charge in [0, 0.05) is 23.5 Å². The highest BCUT2D eigenvalue weighted by Crippen LogP contribution is 2.26. The quantitative estimate of drug-likeness (QED) is 0.694. The number of halogens is 3. The summed E-state index contributed by atoms with van der Waals surface area (Å²) in [4.78, 5) is 14.5. The van der Waals surface area contributed by atoms with E-state index >= 15 is 0 Å². The van der Waals surface area contributed by atoms with Crippen molar-refractivity contribution >= 4 is 45.0 Å². The number of nitrogens with zero attached hydrogens (tertiary/aromatic N) is 1. The summed E-state index contributed by atoms with van der Waals surface area (Å²) in [6.07, 6.45) is 1.02. The fourth-order valence-electron chi connectivity index (χ4n) is 2.02. The average Bonchev–Trinajstić information content (AvgIpc) is 2.35. The van der Waals surface area contributed by atoms with Crippen LogP contribution < -0.4 is 0 Å². The second-order valence-corrected chi connectivity index (χ2v) is 6.65. The molecule has 1 amide bonds. The molecule has 1 heterocycles. The number of hydrogen-bond donors (Lipinski definition) is 0. The molecule has 1 aromatic rings. The molecule has 2 rings (SSSR count). The van der Waals surface area contributed by atoms with Gasteiger partial charge in [0.1, 0.15) is 0 Å².